The van der Waals surface area contributed by atoms with Crippen molar-refractivity contribution in [2.24, 2.45) is 0 Å². The van der Waals surface area contributed by atoms with E-state index >= 15 is 0 Å². The number of aryl methyl sites for hydroxylation is 2. The van der Waals surface area contributed by atoms with Crippen LogP contribution in [0.3, 0.4) is 0 Å². The van der Waals surface area contributed by atoms with Crippen LogP contribution in [0.5, 0.6) is 0 Å². The van der Waals surface area contributed by atoms with E-state index in [1.54, 1.807) is 12.4 Å². The standard InChI is InChI=1S/C21H22N4O2/c1-14-21(15(2)27-24-14)17-7-8-18(23-13-17)19-6-4-10-25(19)20(26)11-16-5-3-9-22-12-16/h3,5,7-9,12-13,19H,4,6,10-11H2,1-2H3/t19-/m0/s1. The van der Waals surface area contributed by atoms with Gasteiger partial charge in [0.15, 0.2) is 0 Å². The summed E-state index contributed by atoms with van der Waals surface area (Å²) in [7, 11) is 0. The fourth-order valence-corrected chi connectivity index (χ4v) is 3.80. The molecule has 3 aromatic heterocycles. The van der Waals surface area contributed by atoms with Crippen LogP contribution in [-0.4, -0.2) is 32.5 Å². The largest absolute Gasteiger partial charge is 0.361 e. The second-order valence-corrected chi connectivity index (χ2v) is 6.95. The smallest absolute Gasteiger partial charge is 0.227 e. The maximum Gasteiger partial charge on any atom is 0.227 e. The third kappa shape index (κ3) is 3.47. The summed E-state index contributed by atoms with van der Waals surface area (Å²) in [6.45, 7) is 4.60. The monoisotopic (exact) mass is 362 g/mol. The molecule has 1 amide bonds. The highest BCUT2D eigenvalue weighted by Gasteiger charge is 2.30. The SMILES string of the molecule is Cc1noc(C)c1-c1ccc([C@@H]2CCCN2C(=O)Cc2cccnc2)nc1. The molecular formula is C21H22N4O2. The Morgan fingerprint density at radius 2 is 2.15 bits per heavy atom. The highest BCUT2D eigenvalue weighted by Crippen LogP contribution is 2.33. The van der Waals surface area contributed by atoms with Gasteiger partial charge in [0.05, 0.1) is 23.9 Å². The van der Waals surface area contributed by atoms with Crippen molar-refractivity contribution in [1.29, 1.82) is 0 Å². The number of hydrogen-bond acceptors (Lipinski definition) is 5. The second-order valence-electron chi connectivity index (χ2n) is 6.95. The fourth-order valence-electron chi connectivity index (χ4n) is 3.80. The average molecular weight is 362 g/mol. The van der Waals surface area contributed by atoms with Gasteiger partial charge in [-0.25, -0.2) is 0 Å². The highest BCUT2D eigenvalue weighted by atomic mass is 16.5. The van der Waals surface area contributed by atoms with Crippen LogP contribution in [0.2, 0.25) is 0 Å². The fraction of sp³-hybridized carbons (Fsp3) is 0.333. The predicted molar refractivity (Wildman–Crippen MR) is 101 cm³/mol. The summed E-state index contributed by atoms with van der Waals surface area (Å²) in [6.07, 6.45) is 7.63. The Kier molecular flexibility index (Phi) is 4.71. The van der Waals surface area contributed by atoms with E-state index in [4.69, 9.17) is 4.52 Å². The zero-order valence-corrected chi connectivity index (χ0v) is 15.6. The zero-order valence-electron chi connectivity index (χ0n) is 15.6. The molecule has 0 bridgehead atoms. The summed E-state index contributed by atoms with van der Waals surface area (Å²) < 4.78 is 5.25. The van der Waals surface area contributed by atoms with Gasteiger partial charge in [0.2, 0.25) is 5.91 Å². The first-order chi connectivity index (χ1) is 13.1. The lowest BCUT2D eigenvalue weighted by atomic mass is 10.0. The van der Waals surface area contributed by atoms with Crippen LogP contribution in [0.1, 0.15) is 41.6 Å². The minimum atomic E-state index is 0.0351. The van der Waals surface area contributed by atoms with E-state index in [1.807, 2.05) is 49.2 Å². The van der Waals surface area contributed by atoms with Gasteiger partial charge in [-0.3, -0.25) is 14.8 Å². The van der Waals surface area contributed by atoms with Crippen LogP contribution in [0.4, 0.5) is 0 Å². The van der Waals surface area contributed by atoms with E-state index in [9.17, 15) is 4.79 Å². The lowest BCUT2D eigenvalue weighted by Gasteiger charge is -2.24. The first-order valence-corrected chi connectivity index (χ1v) is 9.21. The first kappa shape index (κ1) is 17.4. The lowest BCUT2D eigenvalue weighted by molar-refractivity contribution is -0.131. The van der Waals surface area contributed by atoms with Crippen molar-refractivity contribution in [2.45, 2.75) is 39.2 Å². The Balaban J connectivity index is 1.53. The van der Waals surface area contributed by atoms with Crippen LogP contribution in [0, 0.1) is 13.8 Å². The molecule has 6 nitrogen and oxygen atoms in total. The molecule has 4 heterocycles. The van der Waals surface area contributed by atoms with E-state index in [-0.39, 0.29) is 11.9 Å². The summed E-state index contributed by atoms with van der Waals surface area (Å²) in [6, 6.07) is 7.89. The number of aromatic nitrogens is 3. The predicted octanol–water partition coefficient (Wildman–Crippen LogP) is 3.65. The summed E-state index contributed by atoms with van der Waals surface area (Å²) >= 11 is 0. The number of carbonyl (C=O) groups is 1. The molecule has 4 rings (SSSR count). The van der Waals surface area contributed by atoms with E-state index in [0.717, 1.165) is 53.2 Å². The molecule has 3 aromatic rings. The number of hydrogen-bond donors (Lipinski definition) is 0. The van der Waals surface area contributed by atoms with Gasteiger partial charge in [0.25, 0.3) is 0 Å². The molecular weight excluding hydrogens is 340 g/mol. The average Bonchev–Trinajstić information content (AvgIpc) is 3.30. The molecule has 1 aliphatic heterocycles. The van der Waals surface area contributed by atoms with Gasteiger partial charge in [0.1, 0.15) is 5.76 Å². The normalized spacial score (nSPS) is 16.7. The number of nitrogens with zero attached hydrogens (tertiary/aromatic N) is 4. The second kappa shape index (κ2) is 7.31. The van der Waals surface area contributed by atoms with Crippen LogP contribution in [-0.2, 0) is 11.2 Å². The zero-order chi connectivity index (χ0) is 18.8. The Bertz CT molecular complexity index is 915. The molecule has 0 unspecified atom stereocenters. The minimum absolute atomic E-state index is 0.0351. The molecule has 1 fully saturated rings. The van der Waals surface area contributed by atoms with Crippen LogP contribution < -0.4 is 0 Å². The van der Waals surface area contributed by atoms with Gasteiger partial charge in [-0.1, -0.05) is 17.3 Å². The lowest BCUT2D eigenvalue weighted by Crippen LogP contribution is -2.32. The first-order valence-electron chi connectivity index (χ1n) is 9.21. The molecule has 0 aliphatic carbocycles. The van der Waals surface area contributed by atoms with Crippen molar-refractivity contribution in [3.05, 3.63) is 65.6 Å². The Labute approximate surface area is 158 Å². The van der Waals surface area contributed by atoms with Crippen molar-refractivity contribution in [1.82, 2.24) is 20.0 Å². The van der Waals surface area contributed by atoms with Crippen molar-refractivity contribution in [3.63, 3.8) is 0 Å². The van der Waals surface area contributed by atoms with Crippen molar-refractivity contribution in [3.8, 4) is 11.1 Å². The number of rotatable bonds is 4. The van der Waals surface area contributed by atoms with Gasteiger partial charge in [-0.2, -0.15) is 0 Å². The van der Waals surface area contributed by atoms with Crippen LogP contribution >= 0.6 is 0 Å². The highest BCUT2D eigenvalue weighted by molar-refractivity contribution is 5.79. The summed E-state index contributed by atoms with van der Waals surface area (Å²) in [4.78, 5) is 23.5. The Morgan fingerprint density at radius 3 is 2.81 bits per heavy atom. The van der Waals surface area contributed by atoms with Crippen molar-refractivity contribution >= 4 is 5.91 Å². The third-order valence-electron chi connectivity index (χ3n) is 5.10. The van der Waals surface area contributed by atoms with Crippen LogP contribution in [0.25, 0.3) is 11.1 Å². The minimum Gasteiger partial charge on any atom is -0.361 e. The van der Waals surface area contributed by atoms with E-state index in [1.165, 1.54) is 0 Å². The van der Waals surface area contributed by atoms with Gasteiger partial charge in [-0.15, -0.1) is 0 Å². The molecule has 27 heavy (non-hydrogen) atoms. The van der Waals surface area contributed by atoms with Gasteiger partial charge < -0.3 is 9.42 Å². The number of carbonyl (C=O) groups excluding carboxylic acids is 1. The van der Waals surface area contributed by atoms with Gasteiger partial charge >= 0.3 is 0 Å². The topological polar surface area (TPSA) is 72.1 Å². The number of likely N-dealkylation sites (tertiary alicyclic amines) is 1. The maximum atomic E-state index is 12.8. The molecule has 1 saturated heterocycles. The molecule has 1 atom stereocenters. The molecule has 138 valence electrons. The molecule has 1 aliphatic rings. The summed E-state index contributed by atoms with van der Waals surface area (Å²) in [5.41, 5.74) is 4.71. The van der Waals surface area contributed by atoms with Crippen molar-refractivity contribution in [2.75, 3.05) is 6.54 Å². The van der Waals surface area contributed by atoms with Gasteiger partial charge in [0, 0.05) is 36.3 Å². The molecule has 0 spiro atoms. The maximum absolute atomic E-state index is 12.8. The number of pyridine rings is 2. The number of amides is 1. The molecule has 0 N–H and O–H groups in total. The van der Waals surface area contributed by atoms with E-state index < -0.39 is 0 Å². The Hall–Kier alpha value is -3.02. The molecule has 0 radical (unpaired) electrons. The van der Waals surface area contributed by atoms with Crippen molar-refractivity contribution < 1.29 is 9.32 Å². The molecule has 6 heteroatoms. The molecule has 0 aromatic carbocycles. The third-order valence-corrected chi connectivity index (χ3v) is 5.10. The van der Waals surface area contributed by atoms with Crippen LogP contribution in [0.15, 0.2) is 47.4 Å². The summed E-state index contributed by atoms with van der Waals surface area (Å²) in [5.74, 6) is 0.915. The van der Waals surface area contributed by atoms with E-state index in [0.29, 0.717) is 6.42 Å². The quantitative estimate of drug-likeness (QED) is 0.708. The van der Waals surface area contributed by atoms with E-state index in [2.05, 4.69) is 15.1 Å². The molecule has 0 saturated carbocycles. The van der Waals surface area contributed by atoms with Gasteiger partial charge in [-0.05, 0) is 44.4 Å². The Morgan fingerprint density at radius 1 is 1.26 bits per heavy atom. The summed E-state index contributed by atoms with van der Waals surface area (Å²) in [5, 5.41) is 4.01.